The Morgan fingerprint density at radius 3 is 2.25 bits per heavy atom. The van der Waals surface area contributed by atoms with Crippen molar-refractivity contribution in [3.8, 4) is 0 Å². The Labute approximate surface area is 59.4 Å². The maximum absolute atomic E-state index is 9.86. The van der Waals surface area contributed by atoms with E-state index in [9.17, 15) is 4.57 Å². The van der Waals surface area contributed by atoms with Crippen LogP contribution in [-0.2, 0) is 4.57 Å². The maximum Gasteiger partial charge on any atom is 0.587 e. The molecular formula is C3H7ClO2PS+. The zero-order chi connectivity index (χ0) is 5.86. The van der Waals surface area contributed by atoms with Crippen molar-refractivity contribution in [1.29, 1.82) is 0 Å². The van der Waals surface area contributed by atoms with Crippen molar-refractivity contribution in [2.45, 2.75) is 6.92 Å². The smallest absolute Gasteiger partial charge is 0.150 e. The topological polar surface area (TPSA) is 37.3 Å². The SMILES string of the molecule is C=C(C)S[P+](=O)O.Cl. The molecule has 8 heavy (non-hydrogen) atoms. The third kappa shape index (κ3) is 9.67. The molecule has 0 aromatic carbocycles. The van der Waals surface area contributed by atoms with Gasteiger partial charge in [0.1, 0.15) is 0 Å². The van der Waals surface area contributed by atoms with Gasteiger partial charge in [-0.15, -0.1) is 12.4 Å². The van der Waals surface area contributed by atoms with E-state index < -0.39 is 7.23 Å². The Morgan fingerprint density at radius 2 is 2.25 bits per heavy atom. The van der Waals surface area contributed by atoms with Crippen LogP contribution in [0.4, 0.5) is 0 Å². The summed E-state index contributed by atoms with van der Waals surface area (Å²) in [5, 5.41) is 0. The van der Waals surface area contributed by atoms with Gasteiger partial charge in [-0.05, 0) is 11.5 Å². The van der Waals surface area contributed by atoms with Gasteiger partial charge in [-0.1, -0.05) is 6.58 Å². The first kappa shape index (κ1) is 11.3. The third-order valence-electron chi connectivity index (χ3n) is 0.234. The lowest BCUT2D eigenvalue weighted by atomic mass is 10.8. The summed E-state index contributed by atoms with van der Waals surface area (Å²) in [6, 6.07) is 0. The van der Waals surface area contributed by atoms with Crippen LogP contribution in [-0.4, -0.2) is 4.89 Å². The molecule has 0 radical (unpaired) electrons. The second-order valence-electron chi connectivity index (χ2n) is 1.03. The largest absolute Gasteiger partial charge is 0.587 e. The quantitative estimate of drug-likeness (QED) is 0.652. The van der Waals surface area contributed by atoms with Gasteiger partial charge in [-0.2, -0.15) is 4.89 Å². The molecule has 0 aromatic heterocycles. The van der Waals surface area contributed by atoms with Gasteiger partial charge < -0.3 is 0 Å². The Balaban J connectivity index is 0. The van der Waals surface area contributed by atoms with Crippen LogP contribution in [0.15, 0.2) is 11.5 Å². The fraction of sp³-hybridized carbons (Fsp3) is 0.333. The maximum atomic E-state index is 9.86. The standard InChI is InChI=1S/C3H5O2PS.ClH/c1-3(2)7-6(4)5;/h1H2,2H3;1H/p+1. The van der Waals surface area contributed by atoms with Crippen molar-refractivity contribution in [3.05, 3.63) is 11.5 Å². The highest BCUT2D eigenvalue weighted by Crippen LogP contribution is 2.37. The number of rotatable bonds is 2. The lowest BCUT2D eigenvalue weighted by Crippen LogP contribution is -1.51. The molecule has 48 valence electrons. The van der Waals surface area contributed by atoms with E-state index in [4.69, 9.17) is 4.89 Å². The molecule has 0 aliphatic rings. The van der Waals surface area contributed by atoms with Gasteiger partial charge in [-0.3, -0.25) is 0 Å². The molecule has 0 rings (SSSR count). The Hall–Kier alpha value is 0.440. The van der Waals surface area contributed by atoms with Crippen LogP contribution in [0.5, 0.6) is 0 Å². The van der Waals surface area contributed by atoms with Gasteiger partial charge in [0.15, 0.2) is 11.4 Å². The lowest BCUT2D eigenvalue weighted by Gasteiger charge is -1.72. The Kier molecular flexibility index (Phi) is 7.85. The molecule has 0 heterocycles. The molecule has 1 unspecified atom stereocenters. The summed E-state index contributed by atoms with van der Waals surface area (Å²) in [5.74, 6) is 0. The van der Waals surface area contributed by atoms with E-state index in [2.05, 4.69) is 6.58 Å². The molecule has 0 saturated heterocycles. The van der Waals surface area contributed by atoms with E-state index in [1.807, 2.05) is 0 Å². The number of allylic oxidation sites excluding steroid dienone is 1. The molecule has 0 aliphatic heterocycles. The highest BCUT2D eigenvalue weighted by molar-refractivity contribution is 8.52. The van der Waals surface area contributed by atoms with Crippen molar-refractivity contribution in [2.24, 2.45) is 0 Å². The van der Waals surface area contributed by atoms with E-state index in [1.165, 1.54) is 0 Å². The fourth-order valence-electron chi connectivity index (χ4n) is 0.133. The van der Waals surface area contributed by atoms with Crippen molar-refractivity contribution in [3.63, 3.8) is 0 Å². The van der Waals surface area contributed by atoms with Crippen LogP contribution in [0, 0.1) is 0 Å². The van der Waals surface area contributed by atoms with Crippen LogP contribution in [0.25, 0.3) is 0 Å². The lowest BCUT2D eigenvalue weighted by molar-refractivity contribution is 0.519. The molecular weight excluding hydrogens is 167 g/mol. The summed E-state index contributed by atoms with van der Waals surface area (Å²) in [4.78, 5) is 8.80. The van der Waals surface area contributed by atoms with E-state index in [0.717, 1.165) is 11.4 Å². The molecule has 0 aliphatic carbocycles. The second-order valence-corrected chi connectivity index (χ2v) is 3.87. The first-order chi connectivity index (χ1) is 3.13. The molecule has 5 heteroatoms. The Morgan fingerprint density at radius 1 is 1.88 bits per heavy atom. The van der Waals surface area contributed by atoms with Gasteiger partial charge in [-0.25, -0.2) is 0 Å². The zero-order valence-electron chi connectivity index (χ0n) is 4.33. The minimum atomic E-state index is -2.07. The van der Waals surface area contributed by atoms with Gasteiger partial charge in [0.05, 0.1) is 0 Å². The van der Waals surface area contributed by atoms with Crippen LogP contribution in [0.1, 0.15) is 6.92 Å². The molecule has 2 nitrogen and oxygen atoms in total. The predicted molar refractivity (Wildman–Crippen MR) is 39.5 cm³/mol. The number of halogens is 1. The average Bonchev–Trinajstić information content (AvgIpc) is 1.27. The monoisotopic (exact) mass is 173 g/mol. The zero-order valence-corrected chi connectivity index (χ0v) is 6.85. The highest BCUT2D eigenvalue weighted by atomic mass is 35.5. The van der Waals surface area contributed by atoms with Crippen LogP contribution in [0.2, 0.25) is 0 Å². The van der Waals surface area contributed by atoms with E-state index in [-0.39, 0.29) is 12.4 Å². The van der Waals surface area contributed by atoms with Crippen LogP contribution < -0.4 is 0 Å². The molecule has 0 fully saturated rings. The van der Waals surface area contributed by atoms with Gasteiger partial charge in [0.2, 0.25) is 0 Å². The minimum absolute atomic E-state index is 0. The first-order valence-corrected chi connectivity index (χ1v) is 4.26. The Bertz CT molecular complexity index is 93.5. The van der Waals surface area contributed by atoms with E-state index in [1.54, 1.807) is 6.92 Å². The summed E-state index contributed by atoms with van der Waals surface area (Å²) in [7, 11) is -2.07. The summed E-state index contributed by atoms with van der Waals surface area (Å²) < 4.78 is 9.86. The molecule has 0 aromatic rings. The minimum Gasteiger partial charge on any atom is -0.150 e. The molecule has 1 atom stereocenters. The third-order valence-corrected chi connectivity index (χ3v) is 2.11. The van der Waals surface area contributed by atoms with Crippen molar-refractivity contribution in [1.82, 2.24) is 0 Å². The van der Waals surface area contributed by atoms with Crippen molar-refractivity contribution >= 4 is 31.0 Å². The summed E-state index contributed by atoms with van der Waals surface area (Å²) in [6.07, 6.45) is 0. The van der Waals surface area contributed by atoms with Gasteiger partial charge >= 0.3 is 7.23 Å². The van der Waals surface area contributed by atoms with Crippen LogP contribution in [0.3, 0.4) is 0 Å². The molecule has 1 N–H and O–H groups in total. The second kappa shape index (κ2) is 5.57. The van der Waals surface area contributed by atoms with Gasteiger partial charge in [0.25, 0.3) is 0 Å². The highest BCUT2D eigenvalue weighted by Gasteiger charge is 2.11. The predicted octanol–water partition coefficient (Wildman–Crippen LogP) is 2.32. The van der Waals surface area contributed by atoms with Crippen molar-refractivity contribution < 1.29 is 9.46 Å². The van der Waals surface area contributed by atoms with E-state index in [0.29, 0.717) is 4.91 Å². The first-order valence-electron chi connectivity index (χ1n) is 1.62. The van der Waals surface area contributed by atoms with Crippen LogP contribution >= 0.6 is 31.0 Å². The number of hydrogen-bond acceptors (Lipinski definition) is 2. The van der Waals surface area contributed by atoms with E-state index >= 15 is 0 Å². The average molecular weight is 174 g/mol. The summed E-state index contributed by atoms with van der Waals surface area (Å²) in [6.45, 7) is 5.10. The normalized spacial score (nSPS) is 9.50. The fourth-order valence-corrected chi connectivity index (χ4v) is 1.20. The molecule has 0 amide bonds. The molecule has 0 bridgehead atoms. The molecule has 0 spiro atoms. The summed E-state index contributed by atoms with van der Waals surface area (Å²) >= 11 is 0.880. The molecule has 0 saturated carbocycles. The van der Waals surface area contributed by atoms with Crippen molar-refractivity contribution in [2.75, 3.05) is 0 Å². The summed E-state index contributed by atoms with van der Waals surface area (Å²) in [5.41, 5.74) is 0. The van der Waals surface area contributed by atoms with Gasteiger partial charge in [0, 0.05) is 4.91 Å². The number of hydrogen-bond donors (Lipinski definition) is 1.